The number of likely N-dealkylation sites (N-methyl/N-ethyl adjacent to an activating group) is 1. The van der Waals surface area contributed by atoms with Crippen molar-refractivity contribution < 1.29 is 9.53 Å². The maximum Gasteiger partial charge on any atom is 0.322 e. The SMILES string of the molecule is CCN(C(=O)Nc1ccccc1OC)C(CC)(CC)CN. The number of hydrogen-bond donors (Lipinski definition) is 2. The largest absolute Gasteiger partial charge is 0.495 e. The van der Waals surface area contributed by atoms with Crippen LogP contribution in [-0.4, -0.2) is 36.7 Å². The van der Waals surface area contributed by atoms with Crippen molar-refractivity contribution >= 4 is 11.7 Å². The number of hydrogen-bond acceptors (Lipinski definition) is 3. The highest BCUT2D eigenvalue weighted by Gasteiger charge is 2.34. The molecular weight excluding hydrogens is 266 g/mol. The first-order valence-corrected chi connectivity index (χ1v) is 7.50. The number of nitrogens with zero attached hydrogens (tertiary/aromatic N) is 1. The Hall–Kier alpha value is -1.75. The van der Waals surface area contributed by atoms with Crippen LogP contribution in [0.5, 0.6) is 5.75 Å². The number of para-hydroxylation sites is 2. The average Bonchev–Trinajstić information content (AvgIpc) is 2.53. The number of rotatable bonds is 7. The van der Waals surface area contributed by atoms with Crippen LogP contribution in [0.2, 0.25) is 0 Å². The fraction of sp³-hybridized carbons (Fsp3) is 0.562. The maximum atomic E-state index is 12.6. The summed E-state index contributed by atoms with van der Waals surface area (Å²) in [5, 5.41) is 2.93. The van der Waals surface area contributed by atoms with Gasteiger partial charge in [0, 0.05) is 13.1 Å². The molecule has 5 heteroatoms. The molecule has 21 heavy (non-hydrogen) atoms. The molecule has 0 fully saturated rings. The van der Waals surface area contributed by atoms with Crippen LogP contribution < -0.4 is 15.8 Å². The molecule has 1 rings (SSSR count). The number of carbonyl (C=O) groups is 1. The lowest BCUT2D eigenvalue weighted by Gasteiger charge is -2.41. The molecule has 1 aromatic carbocycles. The summed E-state index contributed by atoms with van der Waals surface area (Å²) in [6.45, 7) is 7.16. The summed E-state index contributed by atoms with van der Waals surface area (Å²) >= 11 is 0. The standard InChI is InChI=1S/C16H27N3O2/c1-5-16(6-2,12-17)19(7-3)15(20)18-13-10-8-9-11-14(13)21-4/h8-11H,5-7,12,17H2,1-4H3,(H,18,20). The lowest BCUT2D eigenvalue weighted by molar-refractivity contribution is 0.122. The molecule has 0 aliphatic carbocycles. The van der Waals surface area contributed by atoms with Gasteiger partial charge in [-0.2, -0.15) is 0 Å². The van der Waals surface area contributed by atoms with Gasteiger partial charge in [0.2, 0.25) is 0 Å². The zero-order valence-corrected chi connectivity index (χ0v) is 13.5. The predicted octanol–water partition coefficient (Wildman–Crippen LogP) is 3.07. The van der Waals surface area contributed by atoms with Gasteiger partial charge in [-0.25, -0.2) is 4.79 Å². The van der Waals surface area contributed by atoms with Gasteiger partial charge in [0.15, 0.2) is 0 Å². The summed E-state index contributed by atoms with van der Waals surface area (Å²) in [6.07, 6.45) is 1.65. The summed E-state index contributed by atoms with van der Waals surface area (Å²) in [4.78, 5) is 14.5. The van der Waals surface area contributed by atoms with Crippen LogP contribution >= 0.6 is 0 Å². The smallest absolute Gasteiger partial charge is 0.322 e. The van der Waals surface area contributed by atoms with Gasteiger partial charge < -0.3 is 20.7 Å². The van der Waals surface area contributed by atoms with Crippen molar-refractivity contribution in [3.05, 3.63) is 24.3 Å². The molecule has 3 N–H and O–H groups in total. The van der Waals surface area contributed by atoms with Crippen molar-refractivity contribution in [1.29, 1.82) is 0 Å². The van der Waals surface area contributed by atoms with E-state index in [0.717, 1.165) is 12.8 Å². The fourth-order valence-electron chi connectivity index (χ4n) is 2.66. The highest BCUT2D eigenvalue weighted by Crippen LogP contribution is 2.27. The topological polar surface area (TPSA) is 67.6 Å². The summed E-state index contributed by atoms with van der Waals surface area (Å²) in [5.74, 6) is 0.647. The third-order valence-electron chi connectivity index (χ3n) is 4.18. The fourth-order valence-corrected chi connectivity index (χ4v) is 2.66. The average molecular weight is 293 g/mol. The second kappa shape index (κ2) is 7.88. The summed E-state index contributed by atoms with van der Waals surface area (Å²) in [5.41, 5.74) is 6.31. The van der Waals surface area contributed by atoms with Crippen molar-refractivity contribution in [2.24, 2.45) is 5.73 Å². The normalized spacial score (nSPS) is 11.1. The van der Waals surface area contributed by atoms with Crippen molar-refractivity contribution in [2.45, 2.75) is 39.2 Å². The third kappa shape index (κ3) is 3.67. The van der Waals surface area contributed by atoms with E-state index in [0.29, 0.717) is 24.5 Å². The molecular formula is C16H27N3O2. The molecule has 1 aromatic rings. The highest BCUT2D eigenvalue weighted by molar-refractivity contribution is 5.91. The third-order valence-corrected chi connectivity index (χ3v) is 4.18. The molecule has 0 spiro atoms. The van der Waals surface area contributed by atoms with Gasteiger partial charge in [-0.1, -0.05) is 26.0 Å². The molecule has 0 aliphatic heterocycles. The van der Waals surface area contributed by atoms with E-state index < -0.39 is 0 Å². The Labute approximate surface area is 127 Å². The number of carbonyl (C=O) groups excluding carboxylic acids is 1. The second-order valence-electron chi connectivity index (χ2n) is 5.01. The van der Waals surface area contributed by atoms with E-state index in [1.54, 1.807) is 7.11 Å². The minimum atomic E-state index is -0.305. The number of benzene rings is 1. The highest BCUT2D eigenvalue weighted by atomic mass is 16.5. The van der Waals surface area contributed by atoms with E-state index >= 15 is 0 Å². The Morgan fingerprint density at radius 2 is 1.90 bits per heavy atom. The zero-order chi connectivity index (χ0) is 15.9. The maximum absolute atomic E-state index is 12.6. The summed E-state index contributed by atoms with van der Waals surface area (Å²) in [6, 6.07) is 7.24. The number of nitrogens with two attached hydrogens (primary N) is 1. The van der Waals surface area contributed by atoms with Crippen molar-refractivity contribution in [3.8, 4) is 5.75 Å². The summed E-state index contributed by atoms with van der Waals surface area (Å²) in [7, 11) is 1.59. The Balaban J connectivity index is 2.99. The Kier molecular flexibility index (Phi) is 6.49. The van der Waals surface area contributed by atoms with E-state index in [1.807, 2.05) is 36.1 Å². The van der Waals surface area contributed by atoms with Crippen LogP contribution in [0, 0.1) is 0 Å². The van der Waals surface area contributed by atoms with Crippen LogP contribution in [0.3, 0.4) is 0 Å². The molecule has 0 saturated heterocycles. The minimum absolute atomic E-state index is 0.142. The number of anilines is 1. The van der Waals surface area contributed by atoms with E-state index in [1.165, 1.54) is 0 Å². The molecule has 5 nitrogen and oxygen atoms in total. The number of methoxy groups -OCH3 is 1. The zero-order valence-electron chi connectivity index (χ0n) is 13.5. The van der Waals surface area contributed by atoms with Gasteiger partial charge in [0.1, 0.15) is 5.75 Å². The van der Waals surface area contributed by atoms with Crippen molar-refractivity contribution in [3.63, 3.8) is 0 Å². The van der Waals surface area contributed by atoms with Crippen LogP contribution in [0.25, 0.3) is 0 Å². The molecule has 118 valence electrons. The van der Waals surface area contributed by atoms with Crippen molar-refractivity contribution in [2.75, 3.05) is 25.5 Å². The number of ether oxygens (including phenoxy) is 1. The van der Waals surface area contributed by atoms with E-state index in [4.69, 9.17) is 10.5 Å². The quantitative estimate of drug-likeness (QED) is 0.812. The first kappa shape index (κ1) is 17.3. The Morgan fingerprint density at radius 3 is 2.38 bits per heavy atom. The molecule has 0 aliphatic rings. The Bertz CT molecular complexity index is 450. The number of amides is 2. The van der Waals surface area contributed by atoms with Crippen LogP contribution in [0.15, 0.2) is 24.3 Å². The minimum Gasteiger partial charge on any atom is -0.495 e. The second-order valence-corrected chi connectivity index (χ2v) is 5.01. The monoisotopic (exact) mass is 293 g/mol. The molecule has 0 radical (unpaired) electrons. The van der Waals surface area contributed by atoms with E-state index in [-0.39, 0.29) is 11.6 Å². The van der Waals surface area contributed by atoms with Gasteiger partial charge in [0.25, 0.3) is 0 Å². The van der Waals surface area contributed by atoms with Crippen molar-refractivity contribution in [1.82, 2.24) is 4.90 Å². The molecule has 2 amide bonds. The molecule has 0 heterocycles. The van der Waals surface area contributed by atoms with E-state index in [9.17, 15) is 4.79 Å². The van der Waals surface area contributed by atoms with Gasteiger partial charge in [-0.05, 0) is 31.9 Å². The van der Waals surface area contributed by atoms with Crippen LogP contribution in [0.4, 0.5) is 10.5 Å². The molecule has 0 atom stereocenters. The van der Waals surface area contributed by atoms with Crippen LogP contribution in [0.1, 0.15) is 33.6 Å². The Morgan fingerprint density at radius 1 is 1.29 bits per heavy atom. The van der Waals surface area contributed by atoms with E-state index in [2.05, 4.69) is 19.2 Å². The molecule has 0 bridgehead atoms. The number of urea groups is 1. The van der Waals surface area contributed by atoms with Gasteiger partial charge >= 0.3 is 6.03 Å². The first-order valence-electron chi connectivity index (χ1n) is 7.50. The van der Waals surface area contributed by atoms with Gasteiger partial charge in [-0.3, -0.25) is 0 Å². The van der Waals surface area contributed by atoms with Gasteiger partial charge in [0.05, 0.1) is 18.3 Å². The van der Waals surface area contributed by atoms with Gasteiger partial charge in [-0.15, -0.1) is 0 Å². The van der Waals surface area contributed by atoms with Crippen LogP contribution in [-0.2, 0) is 0 Å². The molecule has 0 saturated carbocycles. The summed E-state index contributed by atoms with van der Waals surface area (Å²) < 4.78 is 5.27. The lowest BCUT2D eigenvalue weighted by Crippen LogP contribution is -2.56. The molecule has 0 aromatic heterocycles. The number of nitrogens with one attached hydrogen (secondary N) is 1. The first-order chi connectivity index (χ1) is 10.1. The predicted molar refractivity (Wildman–Crippen MR) is 86.8 cm³/mol. The molecule has 0 unspecified atom stereocenters. The lowest BCUT2D eigenvalue weighted by atomic mass is 9.91.